The quantitative estimate of drug-likeness (QED) is 0.890. The highest BCUT2D eigenvalue weighted by atomic mass is 16.5. The number of aliphatic carboxylic acids is 1. The number of carboxylic acids is 1. The summed E-state index contributed by atoms with van der Waals surface area (Å²) < 4.78 is 7.03. The zero-order chi connectivity index (χ0) is 15.6. The van der Waals surface area contributed by atoms with Crippen molar-refractivity contribution in [2.45, 2.75) is 32.3 Å². The monoisotopic (exact) mass is 295 g/mol. The van der Waals surface area contributed by atoms with Gasteiger partial charge in [0.15, 0.2) is 0 Å². The van der Waals surface area contributed by atoms with E-state index in [1.807, 2.05) is 13.8 Å². The second kappa shape index (κ2) is 6.26. The van der Waals surface area contributed by atoms with Crippen molar-refractivity contribution in [1.82, 2.24) is 14.7 Å². The Balaban J connectivity index is 2.14. The molecule has 1 atom stereocenters. The molecule has 1 fully saturated rings. The first-order chi connectivity index (χ1) is 9.88. The normalized spacial score (nSPS) is 19.0. The molecule has 2 rings (SSSR count). The minimum absolute atomic E-state index is 0.0894. The van der Waals surface area contributed by atoms with Gasteiger partial charge in [-0.15, -0.1) is 0 Å². The molecule has 0 spiro atoms. The van der Waals surface area contributed by atoms with E-state index in [1.54, 1.807) is 22.8 Å². The van der Waals surface area contributed by atoms with Gasteiger partial charge in [-0.25, -0.2) is 0 Å². The number of amides is 1. The summed E-state index contributed by atoms with van der Waals surface area (Å²) in [5, 5.41) is 13.2. The van der Waals surface area contributed by atoms with Crippen LogP contribution in [0.1, 0.15) is 42.2 Å². The Morgan fingerprint density at radius 1 is 1.52 bits per heavy atom. The highest BCUT2D eigenvalue weighted by Gasteiger charge is 2.29. The number of ether oxygens (including phenoxy) is 1. The van der Waals surface area contributed by atoms with Crippen LogP contribution < -0.4 is 0 Å². The molecule has 1 saturated heterocycles. The van der Waals surface area contributed by atoms with Gasteiger partial charge in [-0.1, -0.05) is 13.8 Å². The van der Waals surface area contributed by atoms with Gasteiger partial charge in [-0.3, -0.25) is 14.3 Å². The Hall–Kier alpha value is -1.89. The molecule has 0 radical (unpaired) electrons. The van der Waals surface area contributed by atoms with Crippen molar-refractivity contribution in [3.63, 3.8) is 0 Å². The van der Waals surface area contributed by atoms with Crippen LogP contribution in [0.4, 0.5) is 0 Å². The first-order valence-corrected chi connectivity index (χ1v) is 7.04. The minimum Gasteiger partial charge on any atom is -0.481 e. The second-order valence-corrected chi connectivity index (χ2v) is 5.60. The number of aromatic nitrogens is 2. The fourth-order valence-electron chi connectivity index (χ4n) is 2.49. The van der Waals surface area contributed by atoms with E-state index in [0.29, 0.717) is 25.3 Å². The van der Waals surface area contributed by atoms with Gasteiger partial charge in [-0.2, -0.15) is 5.10 Å². The largest absolute Gasteiger partial charge is 0.481 e. The van der Waals surface area contributed by atoms with E-state index < -0.39 is 12.1 Å². The van der Waals surface area contributed by atoms with Gasteiger partial charge in [0.25, 0.3) is 5.91 Å². The standard InChI is InChI=1S/C14H21N3O4/c1-9(2)13-11(8-16(3)15-13)14(20)17-4-5-21-10(7-17)6-12(18)19/h8-10H,4-7H2,1-3H3,(H,18,19). The van der Waals surface area contributed by atoms with Crippen molar-refractivity contribution >= 4 is 11.9 Å². The lowest BCUT2D eigenvalue weighted by atomic mass is 10.0. The Kier molecular flexibility index (Phi) is 4.62. The molecule has 0 saturated carbocycles. The summed E-state index contributed by atoms with van der Waals surface area (Å²) in [6.45, 7) is 5.12. The molecule has 0 bridgehead atoms. The number of morpholine rings is 1. The highest BCUT2D eigenvalue weighted by Crippen LogP contribution is 2.20. The number of rotatable bonds is 4. The third kappa shape index (κ3) is 3.60. The molecular weight excluding hydrogens is 274 g/mol. The molecule has 0 aliphatic carbocycles. The summed E-state index contributed by atoms with van der Waals surface area (Å²) in [4.78, 5) is 25.1. The SMILES string of the molecule is CC(C)c1nn(C)cc1C(=O)N1CCOC(CC(=O)O)C1. The van der Waals surface area contributed by atoms with Gasteiger partial charge in [0.05, 0.1) is 30.4 Å². The maximum absolute atomic E-state index is 12.6. The lowest BCUT2D eigenvalue weighted by Crippen LogP contribution is -2.46. The molecule has 21 heavy (non-hydrogen) atoms. The van der Waals surface area contributed by atoms with Gasteiger partial charge in [0.1, 0.15) is 0 Å². The summed E-state index contributed by atoms with van der Waals surface area (Å²) in [5.74, 6) is -0.870. The molecule has 1 N–H and O–H groups in total. The third-order valence-electron chi connectivity index (χ3n) is 3.46. The summed E-state index contributed by atoms with van der Waals surface area (Å²) in [6.07, 6.45) is 1.19. The zero-order valence-electron chi connectivity index (χ0n) is 12.6. The number of aryl methyl sites for hydroxylation is 1. The maximum Gasteiger partial charge on any atom is 0.306 e. The smallest absolute Gasteiger partial charge is 0.306 e. The second-order valence-electron chi connectivity index (χ2n) is 5.60. The van der Waals surface area contributed by atoms with Crippen molar-refractivity contribution < 1.29 is 19.4 Å². The molecule has 0 aromatic carbocycles. The summed E-state index contributed by atoms with van der Waals surface area (Å²) in [6, 6.07) is 0. The molecule has 2 heterocycles. The van der Waals surface area contributed by atoms with Crippen molar-refractivity contribution in [2.75, 3.05) is 19.7 Å². The van der Waals surface area contributed by atoms with Gasteiger partial charge < -0.3 is 14.7 Å². The van der Waals surface area contributed by atoms with Crippen LogP contribution >= 0.6 is 0 Å². The minimum atomic E-state index is -0.918. The predicted molar refractivity (Wildman–Crippen MR) is 75.2 cm³/mol. The first kappa shape index (κ1) is 15.5. The van der Waals surface area contributed by atoms with E-state index in [9.17, 15) is 9.59 Å². The molecule has 1 aliphatic heterocycles. The van der Waals surface area contributed by atoms with Crippen LogP contribution in [0.25, 0.3) is 0 Å². The summed E-state index contributed by atoms with van der Waals surface area (Å²) >= 11 is 0. The maximum atomic E-state index is 12.6. The Bertz CT molecular complexity index is 538. The lowest BCUT2D eigenvalue weighted by Gasteiger charge is -2.32. The van der Waals surface area contributed by atoms with E-state index >= 15 is 0 Å². The van der Waals surface area contributed by atoms with Crippen LogP contribution in [-0.2, 0) is 16.6 Å². The number of hydrogen-bond acceptors (Lipinski definition) is 4. The molecule has 1 aromatic heterocycles. The van der Waals surface area contributed by atoms with Gasteiger partial charge in [-0.05, 0) is 5.92 Å². The number of carbonyl (C=O) groups is 2. The van der Waals surface area contributed by atoms with E-state index in [-0.39, 0.29) is 18.2 Å². The van der Waals surface area contributed by atoms with Crippen LogP contribution in [0.2, 0.25) is 0 Å². The number of carbonyl (C=O) groups excluding carboxylic acids is 1. The van der Waals surface area contributed by atoms with Crippen LogP contribution in [0.15, 0.2) is 6.20 Å². The molecule has 7 nitrogen and oxygen atoms in total. The van der Waals surface area contributed by atoms with Crippen molar-refractivity contribution in [1.29, 1.82) is 0 Å². The molecule has 1 amide bonds. The molecular formula is C14H21N3O4. The predicted octanol–water partition coefficient (Wildman–Crippen LogP) is 0.859. The van der Waals surface area contributed by atoms with Crippen LogP contribution in [0, 0.1) is 0 Å². The van der Waals surface area contributed by atoms with Gasteiger partial charge in [0, 0.05) is 26.3 Å². The lowest BCUT2D eigenvalue weighted by molar-refractivity contribution is -0.141. The van der Waals surface area contributed by atoms with Gasteiger partial charge >= 0.3 is 5.97 Å². The average molecular weight is 295 g/mol. The van der Waals surface area contributed by atoms with Gasteiger partial charge in [0.2, 0.25) is 0 Å². The van der Waals surface area contributed by atoms with Crippen molar-refractivity contribution in [3.8, 4) is 0 Å². The van der Waals surface area contributed by atoms with E-state index in [2.05, 4.69) is 5.10 Å². The molecule has 1 aromatic rings. The van der Waals surface area contributed by atoms with Crippen LogP contribution in [-0.4, -0.2) is 57.5 Å². The van der Waals surface area contributed by atoms with E-state index in [1.165, 1.54) is 0 Å². The van der Waals surface area contributed by atoms with Crippen LogP contribution in [0.5, 0.6) is 0 Å². The molecule has 1 unspecified atom stereocenters. The fraction of sp³-hybridized carbons (Fsp3) is 0.643. The fourth-order valence-corrected chi connectivity index (χ4v) is 2.49. The van der Waals surface area contributed by atoms with Crippen molar-refractivity contribution in [2.24, 2.45) is 7.05 Å². The summed E-state index contributed by atoms with van der Waals surface area (Å²) in [5.41, 5.74) is 1.35. The number of carboxylic acid groups (broad SMARTS) is 1. The van der Waals surface area contributed by atoms with Crippen molar-refractivity contribution in [3.05, 3.63) is 17.5 Å². The zero-order valence-corrected chi connectivity index (χ0v) is 12.6. The van der Waals surface area contributed by atoms with E-state index in [4.69, 9.17) is 9.84 Å². The Morgan fingerprint density at radius 3 is 2.86 bits per heavy atom. The molecule has 1 aliphatic rings. The Labute approximate surface area is 123 Å². The van der Waals surface area contributed by atoms with Crippen LogP contribution in [0.3, 0.4) is 0 Å². The number of nitrogens with zero attached hydrogens (tertiary/aromatic N) is 3. The molecule has 7 heteroatoms. The van der Waals surface area contributed by atoms with E-state index in [0.717, 1.165) is 5.69 Å². The first-order valence-electron chi connectivity index (χ1n) is 7.04. The summed E-state index contributed by atoms with van der Waals surface area (Å²) in [7, 11) is 1.79. The molecule has 116 valence electrons. The topological polar surface area (TPSA) is 84.7 Å². The average Bonchev–Trinajstić information content (AvgIpc) is 2.80. The third-order valence-corrected chi connectivity index (χ3v) is 3.46. The number of hydrogen-bond donors (Lipinski definition) is 1. The Morgan fingerprint density at radius 2 is 2.24 bits per heavy atom. The highest BCUT2D eigenvalue weighted by molar-refractivity contribution is 5.95.